The van der Waals surface area contributed by atoms with Gasteiger partial charge in [-0.05, 0) is 43.2 Å². The molecule has 26 heavy (non-hydrogen) atoms. The van der Waals surface area contributed by atoms with Crippen molar-refractivity contribution >= 4 is 11.6 Å². The van der Waals surface area contributed by atoms with Crippen molar-refractivity contribution in [2.45, 2.75) is 26.0 Å². The van der Waals surface area contributed by atoms with Gasteiger partial charge >= 0.3 is 0 Å². The van der Waals surface area contributed by atoms with Crippen molar-refractivity contribution in [2.24, 2.45) is 0 Å². The van der Waals surface area contributed by atoms with Gasteiger partial charge in [0.1, 0.15) is 18.5 Å². The topological polar surface area (TPSA) is 41.9 Å². The van der Waals surface area contributed by atoms with Crippen LogP contribution in [0.3, 0.4) is 0 Å². The first-order valence-corrected chi connectivity index (χ1v) is 9.28. The zero-order valence-electron chi connectivity index (χ0n) is 15.5. The average molecular weight is 378 g/mol. The molecule has 0 unspecified atom stereocenters. The monoisotopic (exact) mass is 377 g/mol. The zero-order chi connectivity index (χ0) is 18.8. The van der Waals surface area contributed by atoms with Crippen LogP contribution < -0.4 is 4.74 Å². The molecule has 0 bridgehead atoms. The summed E-state index contributed by atoms with van der Waals surface area (Å²) < 4.78 is 10.8. The Balaban J connectivity index is 1.88. The molecule has 2 rings (SSSR count). The molecular formula is C21H28ClNO3. The van der Waals surface area contributed by atoms with Gasteiger partial charge in [0.05, 0.1) is 0 Å². The Morgan fingerprint density at radius 1 is 1.15 bits per heavy atom. The number of rotatable bonds is 11. The lowest BCUT2D eigenvalue weighted by Gasteiger charge is -2.25. The van der Waals surface area contributed by atoms with Gasteiger partial charge in [-0.25, -0.2) is 0 Å². The van der Waals surface area contributed by atoms with Crippen LogP contribution in [0.1, 0.15) is 17.5 Å². The molecule has 0 aliphatic heterocycles. The Labute approximate surface area is 161 Å². The van der Waals surface area contributed by atoms with E-state index in [1.54, 1.807) is 31.4 Å². The molecule has 0 radical (unpaired) electrons. The minimum atomic E-state index is -0.571. The van der Waals surface area contributed by atoms with Gasteiger partial charge in [0.2, 0.25) is 0 Å². The molecule has 0 aromatic heterocycles. The van der Waals surface area contributed by atoms with E-state index in [0.717, 1.165) is 19.5 Å². The molecule has 0 spiro atoms. The fraction of sp³-hybridized carbons (Fsp3) is 0.429. The molecule has 0 fully saturated rings. The molecule has 0 aliphatic rings. The molecule has 0 heterocycles. The summed E-state index contributed by atoms with van der Waals surface area (Å²) in [6, 6.07) is 15.6. The summed E-state index contributed by atoms with van der Waals surface area (Å²) in [6.07, 6.45) is 0.352. The maximum atomic E-state index is 10.4. The number of aliphatic hydroxyl groups excluding tert-OH is 1. The van der Waals surface area contributed by atoms with Crippen LogP contribution in [-0.4, -0.2) is 49.5 Å². The standard InChI is InChI=1S/C21H28ClNO3/c1-17-5-3-6-18(13-17)14-23(11-4-12-25-2)15-20(24)16-26-21-9-7-19(22)8-10-21/h3,5-10,13,20,24H,4,11-12,14-16H2,1-2H3/t20-/m1/s1. The van der Waals surface area contributed by atoms with Crippen molar-refractivity contribution in [3.05, 3.63) is 64.7 Å². The molecule has 142 valence electrons. The fourth-order valence-corrected chi connectivity index (χ4v) is 2.94. The highest BCUT2D eigenvalue weighted by Gasteiger charge is 2.13. The molecule has 0 amide bonds. The van der Waals surface area contributed by atoms with Gasteiger partial charge in [-0.2, -0.15) is 0 Å². The minimum Gasteiger partial charge on any atom is -0.491 e. The van der Waals surface area contributed by atoms with Crippen LogP contribution in [0.4, 0.5) is 0 Å². The maximum Gasteiger partial charge on any atom is 0.119 e. The molecule has 1 N–H and O–H groups in total. The fourth-order valence-electron chi connectivity index (χ4n) is 2.81. The van der Waals surface area contributed by atoms with Gasteiger partial charge in [0.15, 0.2) is 0 Å². The van der Waals surface area contributed by atoms with Crippen LogP contribution in [0, 0.1) is 6.92 Å². The van der Waals surface area contributed by atoms with Gasteiger partial charge in [-0.3, -0.25) is 4.90 Å². The molecule has 2 aromatic rings. The largest absolute Gasteiger partial charge is 0.491 e. The van der Waals surface area contributed by atoms with E-state index in [9.17, 15) is 5.11 Å². The number of halogens is 1. The number of hydrogen-bond acceptors (Lipinski definition) is 4. The second-order valence-electron chi connectivity index (χ2n) is 6.49. The van der Waals surface area contributed by atoms with Crippen LogP contribution in [0.2, 0.25) is 5.02 Å². The van der Waals surface area contributed by atoms with Crippen molar-refractivity contribution in [3.63, 3.8) is 0 Å². The Morgan fingerprint density at radius 3 is 2.62 bits per heavy atom. The van der Waals surface area contributed by atoms with Gasteiger partial charge in [0.25, 0.3) is 0 Å². The number of nitrogens with zero attached hydrogens (tertiary/aromatic N) is 1. The van der Waals surface area contributed by atoms with Crippen molar-refractivity contribution < 1.29 is 14.6 Å². The third-order valence-electron chi connectivity index (χ3n) is 4.04. The highest BCUT2D eigenvalue weighted by Crippen LogP contribution is 2.16. The first-order chi connectivity index (χ1) is 12.6. The zero-order valence-corrected chi connectivity index (χ0v) is 16.3. The lowest BCUT2D eigenvalue weighted by atomic mass is 10.1. The lowest BCUT2D eigenvalue weighted by molar-refractivity contribution is 0.0617. The van der Waals surface area contributed by atoms with E-state index in [2.05, 4.69) is 36.1 Å². The second kappa shape index (κ2) is 11.2. The Bertz CT molecular complexity index is 648. The van der Waals surface area contributed by atoms with Gasteiger partial charge in [-0.15, -0.1) is 0 Å². The Morgan fingerprint density at radius 2 is 1.92 bits per heavy atom. The molecule has 1 atom stereocenters. The normalized spacial score (nSPS) is 12.3. The molecule has 0 aliphatic carbocycles. The second-order valence-corrected chi connectivity index (χ2v) is 6.93. The van der Waals surface area contributed by atoms with Crippen molar-refractivity contribution in [2.75, 3.05) is 33.4 Å². The highest BCUT2D eigenvalue weighted by atomic mass is 35.5. The summed E-state index contributed by atoms with van der Waals surface area (Å²) in [4.78, 5) is 2.24. The number of aliphatic hydroxyl groups is 1. The summed E-state index contributed by atoms with van der Waals surface area (Å²) >= 11 is 5.87. The van der Waals surface area contributed by atoms with Crippen LogP contribution in [-0.2, 0) is 11.3 Å². The van der Waals surface area contributed by atoms with E-state index >= 15 is 0 Å². The molecule has 5 heteroatoms. The summed E-state index contributed by atoms with van der Waals surface area (Å²) in [5.41, 5.74) is 2.49. The van der Waals surface area contributed by atoms with Crippen molar-refractivity contribution in [1.82, 2.24) is 4.90 Å². The van der Waals surface area contributed by atoms with E-state index in [4.69, 9.17) is 21.1 Å². The van der Waals surface area contributed by atoms with Crippen molar-refractivity contribution in [1.29, 1.82) is 0 Å². The molecule has 2 aromatic carbocycles. The van der Waals surface area contributed by atoms with Crippen LogP contribution >= 0.6 is 11.6 Å². The number of aryl methyl sites for hydroxylation is 1. The third-order valence-corrected chi connectivity index (χ3v) is 4.29. The minimum absolute atomic E-state index is 0.246. The van der Waals surface area contributed by atoms with Crippen LogP contribution in [0.25, 0.3) is 0 Å². The number of hydrogen-bond donors (Lipinski definition) is 1. The number of methoxy groups -OCH3 is 1. The maximum absolute atomic E-state index is 10.4. The first-order valence-electron chi connectivity index (χ1n) is 8.90. The molecular weight excluding hydrogens is 350 g/mol. The Hall–Kier alpha value is -1.59. The molecule has 0 saturated heterocycles. The number of ether oxygens (including phenoxy) is 2. The summed E-state index contributed by atoms with van der Waals surface area (Å²) in [5.74, 6) is 0.707. The van der Waals surface area contributed by atoms with Gasteiger partial charge in [-0.1, -0.05) is 41.4 Å². The lowest BCUT2D eigenvalue weighted by Crippen LogP contribution is -2.36. The predicted octanol–water partition coefficient (Wildman–Crippen LogP) is 3.93. The first kappa shape index (κ1) is 20.7. The Kier molecular flexibility index (Phi) is 8.92. The van der Waals surface area contributed by atoms with E-state index in [-0.39, 0.29) is 6.61 Å². The van der Waals surface area contributed by atoms with Gasteiger partial charge < -0.3 is 14.6 Å². The van der Waals surface area contributed by atoms with E-state index in [1.807, 2.05) is 0 Å². The third kappa shape index (κ3) is 7.75. The molecule has 4 nitrogen and oxygen atoms in total. The number of benzene rings is 2. The van der Waals surface area contributed by atoms with Crippen molar-refractivity contribution in [3.8, 4) is 5.75 Å². The van der Waals surface area contributed by atoms with E-state index in [1.165, 1.54) is 11.1 Å². The molecule has 0 saturated carbocycles. The van der Waals surface area contributed by atoms with Crippen LogP contribution in [0.5, 0.6) is 5.75 Å². The summed E-state index contributed by atoms with van der Waals surface area (Å²) in [7, 11) is 1.71. The smallest absolute Gasteiger partial charge is 0.119 e. The predicted molar refractivity (Wildman–Crippen MR) is 106 cm³/mol. The highest BCUT2D eigenvalue weighted by molar-refractivity contribution is 6.30. The summed E-state index contributed by atoms with van der Waals surface area (Å²) in [5, 5.41) is 11.1. The average Bonchev–Trinajstić information content (AvgIpc) is 2.61. The quantitative estimate of drug-likeness (QED) is 0.602. The van der Waals surface area contributed by atoms with E-state index in [0.29, 0.717) is 23.9 Å². The summed E-state index contributed by atoms with van der Waals surface area (Å²) in [6.45, 7) is 5.25. The van der Waals surface area contributed by atoms with Gasteiger partial charge in [0, 0.05) is 38.4 Å². The van der Waals surface area contributed by atoms with E-state index < -0.39 is 6.10 Å². The van der Waals surface area contributed by atoms with Crippen LogP contribution in [0.15, 0.2) is 48.5 Å². The SMILES string of the molecule is COCCCN(Cc1cccc(C)c1)C[C@@H](O)COc1ccc(Cl)cc1.